The van der Waals surface area contributed by atoms with E-state index < -0.39 is 6.85 Å². The van der Waals surface area contributed by atoms with Gasteiger partial charge in [-0.05, 0) is 211 Å². The van der Waals surface area contributed by atoms with E-state index in [9.17, 15) is 4.11 Å². The van der Waals surface area contributed by atoms with Gasteiger partial charge in [0, 0.05) is 49.0 Å². The summed E-state index contributed by atoms with van der Waals surface area (Å²) in [7, 11) is 0. The van der Waals surface area contributed by atoms with Crippen LogP contribution in [-0.4, -0.2) is 6.71 Å². The molecule has 3 nitrogen and oxygen atoms in total. The molecular formula is C68H73BN2O. The van der Waals surface area contributed by atoms with Crippen molar-refractivity contribution in [3.63, 3.8) is 0 Å². The maximum atomic E-state index is 9.30. The lowest BCUT2D eigenvalue weighted by Gasteiger charge is -2.47. The molecule has 13 rings (SSSR count). The van der Waals surface area contributed by atoms with Crippen molar-refractivity contribution in [2.75, 3.05) is 9.80 Å². The van der Waals surface area contributed by atoms with Crippen LogP contribution in [0.4, 0.5) is 34.1 Å². The molecule has 0 bridgehead atoms. The first-order valence-electron chi connectivity index (χ1n) is 28.4. The molecule has 0 saturated carbocycles. The Morgan fingerprint density at radius 1 is 0.458 bits per heavy atom. The largest absolute Gasteiger partial charge is 0.456 e. The summed E-state index contributed by atoms with van der Waals surface area (Å²) in [4.78, 5) is 4.99. The van der Waals surface area contributed by atoms with Crippen molar-refractivity contribution in [2.24, 2.45) is 0 Å². The SMILES string of the molecule is [2H]C([2H])([2H])c1cc2c3c(c1)N(c1cc4c(cc1C)C(C)(C)CCC4(C)C)c1cc4c(cc1B3c1cc(-c3cccc5oc6ccccc6c35)ccc1N2c1cc2c(cc1C)C(C)(C)CCC2(C)C)C(C)(C)CC4(C)C. The third-order valence-corrected chi connectivity index (χ3v) is 19.1. The Kier molecular flexibility index (Phi) is 8.63. The molecule has 364 valence electrons. The van der Waals surface area contributed by atoms with E-state index in [2.05, 4.69) is 204 Å². The molecule has 0 saturated heterocycles. The van der Waals surface area contributed by atoms with E-state index in [1.54, 1.807) is 0 Å². The molecular weight excluding hydrogens is 872 g/mol. The van der Waals surface area contributed by atoms with Gasteiger partial charge in [-0.2, -0.15) is 0 Å². The van der Waals surface area contributed by atoms with Gasteiger partial charge in [0.15, 0.2) is 0 Å². The van der Waals surface area contributed by atoms with Crippen molar-refractivity contribution in [1.29, 1.82) is 0 Å². The van der Waals surface area contributed by atoms with Crippen LogP contribution in [0.2, 0.25) is 0 Å². The van der Waals surface area contributed by atoms with Crippen molar-refractivity contribution >= 4 is 79.2 Å². The molecule has 8 aromatic rings. The Morgan fingerprint density at radius 2 is 0.944 bits per heavy atom. The van der Waals surface area contributed by atoms with Crippen LogP contribution < -0.4 is 26.2 Å². The lowest BCUT2D eigenvalue weighted by molar-refractivity contribution is 0.332. The van der Waals surface area contributed by atoms with Gasteiger partial charge < -0.3 is 14.2 Å². The highest BCUT2D eigenvalue weighted by molar-refractivity contribution is 7.00. The predicted molar refractivity (Wildman–Crippen MR) is 309 cm³/mol. The Hall–Kier alpha value is -6.00. The van der Waals surface area contributed by atoms with Gasteiger partial charge in [-0.15, -0.1) is 0 Å². The zero-order valence-corrected chi connectivity index (χ0v) is 45.3. The zero-order chi connectivity index (χ0) is 53.1. The fourth-order valence-corrected chi connectivity index (χ4v) is 15.1. The Balaban J connectivity index is 1.18. The standard InChI is InChI=1S/C68H73BN2O/c1-39-29-57-62-58(30-39)71(55-36-49-46(32-41(55)3)64(6,7)26-28-66(49,10)11)56-37-50-47(67(12,13)38-68(50,14)15)34-52(56)69(62)51-33-42(43-20-18-22-60-61(43)44-19-16-17-21-59(44)72-60)23-24-53(51)70(57)54-35-48-45(31-40(54)2)63(4,5)25-27-65(48,8)9/h16-24,29-37H,25-28,38H2,1-15H3/i1D3. The first-order chi connectivity index (χ1) is 35.1. The molecule has 72 heavy (non-hydrogen) atoms. The first-order valence-corrected chi connectivity index (χ1v) is 26.9. The van der Waals surface area contributed by atoms with Gasteiger partial charge in [0.2, 0.25) is 0 Å². The smallest absolute Gasteiger partial charge is 0.252 e. The average Bonchev–Trinajstić information content (AvgIpc) is 3.99. The molecule has 4 heteroatoms. The minimum atomic E-state index is -2.38. The van der Waals surface area contributed by atoms with Crippen molar-refractivity contribution in [3.05, 3.63) is 159 Å². The fourth-order valence-electron chi connectivity index (χ4n) is 15.1. The predicted octanol–water partition coefficient (Wildman–Crippen LogP) is 16.9. The van der Waals surface area contributed by atoms with Gasteiger partial charge in [-0.25, -0.2) is 0 Å². The molecule has 7 aromatic carbocycles. The Morgan fingerprint density at radius 3 is 1.53 bits per heavy atom. The summed E-state index contributed by atoms with van der Waals surface area (Å²) in [5.74, 6) is 0. The van der Waals surface area contributed by atoms with Crippen LogP contribution in [0.3, 0.4) is 0 Å². The average molecular weight is 948 g/mol. The fraction of sp³-hybridized carbons (Fsp3) is 0.382. The van der Waals surface area contributed by atoms with E-state index in [0.717, 1.165) is 105 Å². The van der Waals surface area contributed by atoms with Crippen LogP contribution in [-0.2, 0) is 32.5 Å². The van der Waals surface area contributed by atoms with E-state index in [-0.39, 0.29) is 39.2 Å². The minimum Gasteiger partial charge on any atom is -0.456 e. The molecule has 0 fully saturated rings. The van der Waals surface area contributed by atoms with Crippen molar-refractivity contribution < 1.29 is 8.53 Å². The van der Waals surface area contributed by atoms with Crippen LogP contribution >= 0.6 is 0 Å². The number of hydrogen-bond acceptors (Lipinski definition) is 3. The van der Waals surface area contributed by atoms with Gasteiger partial charge in [-0.1, -0.05) is 144 Å². The Bertz CT molecular complexity index is 3810. The highest BCUT2D eigenvalue weighted by atomic mass is 16.3. The van der Waals surface area contributed by atoms with Crippen LogP contribution in [0.15, 0.2) is 114 Å². The number of hydrogen-bond donors (Lipinski definition) is 0. The van der Waals surface area contributed by atoms with E-state index >= 15 is 0 Å². The second-order valence-corrected chi connectivity index (χ2v) is 26.9. The monoisotopic (exact) mass is 948 g/mol. The summed E-state index contributed by atoms with van der Waals surface area (Å²) in [6, 6.07) is 41.1. The van der Waals surface area contributed by atoms with Crippen molar-refractivity contribution in [1.82, 2.24) is 0 Å². The van der Waals surface area contributed by atoms with Gasteiger partial charge in [0.05, 0.1) is 0 Å². The Labute approximate surface area is 434 Å². The van der Waals surface area contributed by atoms with Crippen LogP contribution in [0.25, 0.3) is 33.1 Å². The molecule has 2 aliphatic heterocycles. The number of para-hydroxylation sites is 1. The summed E-state index contributed by atoms with van der Waals surface area (Å²) in [6.45, 7) is 30.9. The number of rotatable bonds is 3. The first kappa shape index (κ1) is 42.5. The van der Waals surface area contributed by atoms with Gasteiger partial charge in [0.25, 0.3) is 6.71 Å². The highest BCUT2D eigenvalue weighted by Gasteiger charge is 2.49. The minimum absolute atomic E-state index is 0.0237. The van der Waals surface area contributed by atoms with E-state index in [0.29, 0.717) is 5.56 Å². The van der Waals surface area contributed by atoms with Gasteiger partial charge in [0.1, 0.15) is 11.2 Å². The molecule has 3 heterocycles. The molecule has 1 aromatic heterocycles. The second kappa shape index (κ2) is 14.6. The third-order valence-electron chi connectivity index (χ3n) is 19.1. The number of aryl methyl sites for hydroxylation is 3. The van der Waals surface area contributed by atoms with Crippen molar-refractivity contribution in [2.45, 2.75) is 168 Å². The molecule has 0 spiro atoms. The molecule has 0 amide bonds. The van der Waals surface area contributed by atoms with Gasteiger partial charge >= 0.3 is 0 Å². The normalized spacial score (nSPS) is 20.7. The number of fused-ring (bicyclic) bond motifs is 10. The number of benzene rings is 7. The maximum Gasteiger partial charge on any atom is 0.252 e. The molecule has 0 atom stereocenters. The third kappa shape index (κ3) is 6.35. The summed E-state index contributed by atoms with van der Waals surface area (Å²) >= 11 is 0. The van der Waals surface area contributed by atoms with Crippen LogP contribution in [0.5, 0.6) is 0 Å². The van der Waals surface area contributed by atoms with E-state index in [1.807, 2.05) is 12.1 Å². The lowest BCUT2D eigenvalue weighted by atomic mass is 9.33. The molecule has 5 aliphatic rings. The topological polar surface area (TPSA) is 19.6 Å². The molecule has 0 unspecified atom stereocenters. The summed E-state index contributed by atoms with van der Waals surface area (Å²) < 4.78 is 34.4. The molecule has 3 aliphatic carbocycles. The second-order valence-electron chi connectivity index (χ2n) is 26.9. The lowest BCUT2D eigenvalue weighted by Crippen LogP contribution is -2.61. The number of anilines is 6. The highest BCUT2D eigenvalue weighted by Crippen LogP contribution is 2.56. The quantitative estimate of drug-likeness (QED) is 0.165. The van der Waals surface area contributed by atoms with Crippen LogP contribution in [0.1, 0.15) is 169 Å². The number of furan rings is 1. The van der Waals surface area contributed by atoms with Crippen molar-refractivity contribution in [3.8, 4) is 11.1 Å². The maximum absolute atomic E-state index is 9.30. The molecule has 0 N–H and O–H groups in total. The van der Waals surface area contributed by atoms with E-state index in [1.165, 1.54) is 55.4 Å². The summed E-state index contributed by atoms with van der Waals surface area (Å²) in [5, 5.41) is 2.22. The number of nitrogens with zero attached hydrogens (tertiary/aromatic N) is 2. The van der Waals surface area contributed by atoms with E-state index in [4.69, 9.17) is 4.42 Å². The van der Waals surface area contributed by atoms with Gasteiger partial charge in [-0.3, -0.25) is 0 Å². The van der Waals surface area contributed by atoms with Crippen LogP contribution in [0, 0.1) is 20.7 Å². The summed E-state index contributed by atoms with van der Waals surface area (Å²) in [5.41, 5.74) is 24.9. The molecule has 0 radical (unpaired) electrons. The summed E-state index contributed by atoms with van der Waals surface area (Å²) in [6.07, 6.45) is 5.48. The zero-order valence-electron chi connectivity index (χ0n) is 48.3.